The van der Waals surface area contributed by atoms with Gasteiger partial charge >= 0.3 is 0 Å². The molecule has 1 heterocycles. The van der Waals surface area contributed by atoms with Crippen LogP contribution in [0.15, 0.2) is 12.5 Å². The molecule has 2 N–H and O–H groups in total. The van der Waals surface area contributed by atoms with Crippen molar-refractivity contribution in [3.05, 3.63) is 21.8 Å². The minimum absolute atomic E-state index is 0.133. The molecule has 4 heteroatoms. The highest BCUT2D eigenvalue weighted by molar-refractivity contribution is 14.1. The molecule has 1 rings (SSSR count). The summed E-state index contributed by atoms with van der Waals surface area (Å²) in [5.41, 5.74) is 6.82. The van der Waals surface area contributed by atoms with Crippen molar-refractivity contribution in [2.45, 2.75) is 25.8 Å². The summed E-state index contributed by atoms with van der Waals surface area (Å²) in [6.45, 7) is 4.07. The summed E-state index contributed by atoms with van der Waals surface area (Å²) >= 11 is 2.23. The Morgan fingerprint density at radius 2 is 2.17 bits per heavy atom. The first-order valence-electron chi connectivity index (χ1n) is 3.84. The summed E-state index contributed by atoms with van der Waals surface area (Å²) in [6.07, 6.45) is 3.37. The highest BCUT2D eigenvalue weighted by atomic mass is 127. The van der Waals surface area contributed by atoms with Crippen LogP contribution in [0.5, 0.6) is 0 Å². The largest absolute Gasteiger partial charge is 0.327 e. The number of hydrogen-bond acceptors (Lipinski definition) is 3. The lowest BCUT2D eigenvalue weighted by molar-refractivity contribution is 0.594. The van der Waals surface area contributed by atoms with E-state index in [1.807, 2.05) is 13.1 Å². The maximum absolute atomic E-state index is 5.77. The monoisotopic (exact) mass is 277 g/mol. The predicted molar refractivity (Wildman–Crippen MR) is 56.8 cm³/mol. The zero-order chi connectivity index (χ0) is 9.14. The molecule has 0 spiro atoms. The summed E-state index contributed by atoms with van der Waals surface area (Å²) in [5, 5.41) is 0. The summed E-state index contributed by atoms with van der Waals surface area (Å²) in [7, 11) is 0. The number of rotatable bonds is 2. The van der Waals surface area contributed by atoms with E-state index in [-0.39, 0.29) is 6.04 Å². The molecule has 0 radical (unpaired) electrons. The number of hydrogen-bond donors (Lipinski definition) is 1. The van der Waals surface area contributed by atoms with Crippen LogP contribution in [0.2, 0.25) is 0 Å². The smallest absolute Gasteiger partial charge is 0.115 e. The van der Waals surface area contributed by atoms with Gasteiger partial charge in [0.15, 0.2) is 0 Å². The van der Waals surface area contributed by atoms with E-state index in [0.29, 0.717) is 5.92 Å². The van der Waals surface area contributed by atoms with Gasteiger partial charge in [0.25, 0.3) is 0 Å². The summed E-state index contributed by atoms with van der Waals surface area (Å²) in [4.78, 5) is 8.13. The average molecular weight is 277 g/mol. The summed E-state index contributed by atoms with van der Waals surface area (Å²) in [6, 6.07) is 0.133. The fourth-order valence-electron chi connectivity index (χ4n) is 0.906. The first-order chi connectivity index (χ1) is 5.63. The molecule has 0 saturated heterocycles. The first kappa shape index (κ1) is 9.85. The zero-order valence-electron chi connectivity index (χ0n) is 7.16. The minimum Gasteiger partial charge on any atom is -0.327 e. The van der Waals surface area contributed by atoms with E-state index in [2.05, 4.69) is 39.5 Å². The summed E-state index contributed by atoms with van der Waals surface area (Å²) < 4.78 is 1.08. The van der Waals surface area contributed by atoms with E-state index in [1.165, 1.54) is 0 Å². The van der Waals surface area contributed by atoms with E-state index >= 15 is 0 Å². The molecule has 66 valence electrons. The van der Waals surface area contributed by atoms with Crippen molar-refractivity contribution in [1.29, 1.82) is 0 Å². The van der Waals surface area contributed by atoms with Crippen LogP contribution in [0.25, 0.3) is 0 Å². The third kappa shape index (κ3) is 2.13. The normalized spacial score (nSPS) is 15.7. The number of halogens is 1. The Bertz CT molecular complexity index is 262. The molecule has 0 bridgehead atoms. The van der Waals surface area contributed by atoms with Gasteiger partial charge in [0, 0.05) is 18.2 Å². The van der Waals surface area contributed by atoms with Crippen LogP contribution in [0.4, 0.5) is 0 Å². The quantitative estimate of drug-likeness (QED) is 0.834. The molecule has 3 nitrogen and oxygen atoms in total. The van der Waals surface area contributed by atoms with E-state index < -0.39 is 0 Å². The molecule has 0 amide bonds. The van der Waals surface area contributed by atoms with Gasteiger partial charge in [-0.15, -0.1) is 0 Å². The lowest BCUT2D eigenvalue weighted by Gasteiger charge is -2.15. The number of nitrogens with zero attached hydrogens (tertiary/aromatic N) is 2. The molecule has 0 aliphatic carbocycles. The number of aromatic nitrogens is 2. The maximum Gasteiger partial charge on any atom is 0.115 e. The van der Waals surface area contributed by atoms with Crippen molar-refractivity contribution >= 4 is 22.6 Å². The fourth-order valence-corrected chi connectivity index (χ4v) is 1.70. The Kier molecular flexibility index (Phi) is 3.39. The van der Waals surface area contributed by atoms with Crippen molar-refractivity contribution in [1.82, 2.24) is 9.97 Å². The average Bonchev–Trinajstić information content (AvgIpc) is 2.04. The first-order valence-corrected chi connectivity index (χ1v) is 4.91. The van der Waals surface area contributed by atoms with Gasteiger partial charge in [-0.05, 0) is 29.5 Å². The van der Waals surface area contributed by atoms with Crippen LogP contribution in [0.3, 0.4) is 0 Å². The van der Waals surface area contributed by atoms with Crippen LogP contribution >= 0.6 is 22.6 Å². The summed E-state index contributed by atoms with van der Waals surface area (Å²) in [5.74, 6) is 0.292. The molecule has 0 aromatic carbocycles. The van der Waals surface area contributed by atoms with Crippen LogP contribution in [-0.4, -0.2) is 16.0 Å². The Morgan fingerprint density at radius 1 is 1.50 bits per heavy atom. The topological polar surface area (TPSA) is 51.8 Å². The molecule has 12 heavy (non-hydrogen) atoms. The van der Waals surface area contributed by atoms with Crippen molar-refractivity contribution < 1.29 is 0 Å². The van der Waals surface area contributed by atoms with Gasteiger partial charge in [-0.25, -0.2) is 9.97 Å². The maximum atomic E-state index is 5.77. The van der Waals surface area contributed by atoms with Crippen LogP contribution in [0, 0.1) is 3.57 Å². The van der Waals surface area contributed by atoms with E-state index in [4.69, 9.17) is 5.73 Å². The Labute approximate surface area is 85.9 Å². The van der Waals surface area contributed by atoms with Gasteiger partial charge in [-0.2, -0.15) is 0 Å². The van der Waals surface area contributed by atoms with E-state index in [9.17, 15) is 0 Å². The third-order valence-electron chi connectivity index (χ3n) is 1.92. The second kappa shape index (κ2) is 4.13. The third-order valence-corrected chi connectivity index (χ3v) is 2.75. The SMILES string of the molecule is CC(N)C(C)c1ncncc1I. The molecular formula is C8H12IN3. The van der Waals surface area contributed by atoms with Crippen molar-refractivity contribution in [3.63, 3.8) is 0 Å². The number of nitrogens with two attached hydrogens (primary N) is 1. The molecular weight excluding hydrogens is 265 g/mol. The molecule has 2 atom stereocenters. The van der Waals surface area contributed by atoms with Gasteiger partial charge in [0.2, 0.25) is 0 Å². The molecule has 1 aromatic rings. The van der Waals surface area contributed by atoms with Crippen molar-refractivity contribution in [2.75, 3.05) is 0 Å². The predicted octanol–water partition coefficient (Wildman–Crippen LogP) is 1.53. The highest BCUT2D eigenvalue weighted by Crippen LogP contribution is 2.19. The molecule has 0 aliphatic rings. The zero-order valence-corrected chi connectivity index (χ0v) is 9.32. The van der Waals surface area contributed by atoms with Crippen LogP contribution in [-0.2, 0) is 0 Å². The standard InChI is InChI=1S/C8H12IN3/c1-5(6(2)10)8-7(9)3-11-4-12-8/h3-6H,10H2,1-2H3. The molecule has 2 unspecified atom stereocenters. The highest BCUT2D eigenvalue weighted by Gasteiger charge is 2.14. The molecule has 1 aromatic heterocycles. The molecule has 0 fully saturated rings. The van der Waals surface area contributed by atoms with Gasteiger partial charge in [0.1, 0.15) is 6.33 Å². The van der Waals surface area contributed by atoms with Crippen LogP contribution < -0.4 is 5.73 Å². The Morgan fingerprint density at radius 3 is 2.67 bits per heavy atom. The lowest BCUT2D eigenvalue weighted by atomic mass is 10.0. The van der Waals surface area contributed by atoms with E-state index in [1.54, 1.807) is 6.33 Å². The second-order valence-electron chi connectivity index (χ2n) is 2.90. The van der Waals surface area contributed by atoms with Crippen LogP contribution in [0.1, 0.15) is 25.5 Å². The van der Waals surface area contributed by atoms with Gasteiger partial charge in [-0.1, -0.05) is 6.92 Å². The Balaban J connectivity index is 2.94. The fraction of sp³-hybridized carbons (Fsp3) is 0.500. The van der Waals surface area contributed by atoms with Gasteiger partial charge in [-0.3, -0.25) is 0 Å². The van der Waals surface area contributed by atoms with E-state index in [0.717, 1.165) is 9.26 Å². The molecule has 0 aliphatic heterocycles. The Hall–Kier alpha value is -0.230. The minimum atomic E-state index is 0.133. The second-order valence-corrected chi connectivity index (χ2v) is 4.07. The molecule has 0 saturated carbocycles. The van der Waals surface area contributed by atoms with Crippen molar-refractivity contribution in [2.24, 2.45) is 5.73 Å². The van der Waals surface area contributed by atoms with Gasteiger partial charge in [0.05, 0.1) is 9.26 Å². The van der Waals surface area contributed by atoms with Gasteiger partial charge < -0.3 is 5.73 Å². The van der Waals surface area contributed by atoms with Crippen molar-refractivity contribution in [3.8, 4) is 0 Å². The lowest BCUT2D eigenvalue weighted by Crippen LogP contribution is -2.24.